The zero-order valence-corrected chi connectivity index (χ0v) is 11.1. The molecule has 0 radical (unpaired) electrons. The number of aliphatic imine (C=N–C) groups is 1. The highest BCUT2D eigenvalue weighted by atomic mass is 14.9. The Hall–Kier alpha value is -2.49. The standard InChI is InChI=1S/C15H16N4/c1-10(2)12-7-13(17-8-12)9-18-15(16)14-6-4-5-11(3)19-14/h4-9,16-17H,1H2,2-3H3. The van der Waals surface area contributed by atoms with E-state index in [0.29, 0.717) is 5.69 Å². The van der Waals surface area contributed by atoms with Gasteiger partial charge in [-0.1, -0.05) is 12.6 Å². The first-order chi connectivity index (χ1) is 9.06. The smallest absolute Gasteiger partial charge is 0.170 e. The fourth-order valence-corrected chi connectivity index (χ4v) is 1.61. The quantitative estimate of drug-likeness (QED) is 0.639. The van der Waals surface area contributed by atoms with Gasteiger partial charge < -0.3 is 4.98 Å². The second kappa shape index (κ2) is 5.44. The first kappa shape index (κ1) is 13.0. The third-order valence-electron chi connectivity index (χ3n) is 2.66. The van der Waals surface area contributed by atoms with Crippen molar-refractivity contribution in [3.05, 3.63) is 59.7 Å². The maximum absolute atomic E-state index is 7.88. The number of H-pyrrole nitrogens is 1. The molecule has 19 heavy (non-hydrogen) atoms. The van der Waals surface area contributed by atoms with Crippen LogP contribution in [0.15, 0.2) is 42.0 Å². The van der Waals surface area contributed by atoms with Gasteiger partial charge >= 0.3 is 0 Å². The van der Waals surface area contributed by atoms with Crippen LogP contribution in [-0.4, -0.2) is 22.0 Å². The summed E-state index contributed by atoms with van der Waals surface area (Å²) in [7, 11) is 0. The number of allylic oxidation sites excluding steroid dienone is 1. The van der Waals surface area contributed by atoms with Crippen LogP contribution in [0.5, 0.6) is 0 Å². The number of rotatable bonds is 3. The number of amidine groups is 1. The van der Waals surface area contributed by atoms with Crippen LogP contribution in [0, 0.1) is 12.3 Å². The van der Waals surface area contributed by atoms with Gasteiger partial charge in [0.25, 0.3) is 0 Å². The molecule has 0 spiro atoms. The summed E-state index contributed by atoms with van der Waals surface area (Å²) in [5.41, 5.74) is 4.33. The number of pyridine rings is 1. The number of hydrogen-bond donors (Lipinski definition) is 2. The molecule has 0 aliphatic heterocycles. The van der Waals surface area contributed by atoms with Gasteiger partial charge in [0.05, 0.1) is 11.9 Å². The monoisotopic (exact) mass is 252 g/mol. The third-order valence-corrected chi connectivity index (χ3v) is 2.66. The summed E-state index contributed by atoms with van der Waals surface area (Å²) in [4.78, 5) is 11.4. The van der Waals surface area contributed by atoms with Gasteiger partial charge in [-0.2, -0.15) is 0 Å². The molecule has 0 unspecified atom stereocenters. The van der Waals surface area contributed by atoms with Gasteiger partial charge in [-0.3, -0.25) is 5.41 Å². The number of hydrogen-bond acceptors (Lipinski definition) is 2. The second-order valence-corrected chi connectivity index (χ2v) is 4.40. The molecule has 2 aromatic rings. The number of nitrogens with zero attached hydrogens (tertiary/aromatic N) is 2. The first-order valence-electron chi connectivity index (χ1n) is 5.97. The molecular weight excluding hydrogens is 236 g/mol. The van der Waals surface area contributed by atoms with Gasteiger partial charge in [0, 0.05) is 11.9 Å². The van der Waals surface area contributed by atoms with Crippen LogP contribution in [0.4, 0.5) is 0 Å². The van der Waals surface area contributed by atoms with Crippen molar-refractivity contribution in [2.45, 2.75) is 13.8 Å². The van der Waals surface area contributed by atoms with E-state index in [-0.39, 0.29) is 5.84 Å². The minimum absolute atomic E-state index is 0.148. The zero-order chi connectivity index (χ0) is 13.8. The summed E-state index contributed by atoms with van der Waals surface area (Å²) < 4.78 is 0. The molecule has 4 nitrogen and oxygen atoms in total. The molecule has 0 saturated heterocycles. The maximum atomic E-state index is 7.88. The van der Waals surface area contributed by atoms with Crippen molar-refractivity contribution in [1.82, 2.24) is 9.97 Å². The molecule has 0 saturated carbocycles. The van der Waals surface area contributed by atoms with Gasteiger partial charge in [0.1, 0.15) is 5.69 Å². The average molecular weight is 252 g/mol. The Bertz CT molecular complexity index is 650. The predicted octanol–water partition coefficient (Wildman–Crippen LogP) is 3.20. The topological polar surface area (TPSA) is 64.9 Å². The van der Waals surface area contributed by atoms with Crippen molar-refractivity contribution in [2.75, 3.05) is 0 Å². The van der Waals surface area contributed by atoms with E-state index in [0.717, 1.165) is 22.5 Å². The third kappa shape index (κ3) is 3.25. The van der Waals surface area contributed by atoms with Crippen LogP contribution in [-0.2, 0) is 0 Å². The Morgan fingerprint density at radius 2 is 2.26 bits per heavy atom. The molecule has 2 N–H and O–H groups in total. The van der Waals surface area contributed by atoms with Crippen LogP contribution < -0.4 is 0 Å². The Labute approximate surface area is 112 Å². The summed E-state index contributed by atoms with van der Waals surface area (Å²) in [5.74, 6) is 0.148. The van der Waals surface area contributed by atoms with E-state index in [1.54, 1.807) is 12.3 Å². The van der Waals surface area contributed by atoms with Gasteiger partial charge in [-0.05, 0) is 43.2 Å². The Morgan fingerprint density at radius 1 is 1.47 bits per heavy atom. The first-order valence-corrected chi connectivity index (χ1v) is 5.97. The molecule has 96 valence electrons. The van der Waals surface area contributed by atoms with E-state index in [1.165, 1.54) is 0 Å². The van der Waals surface area contributed by atoms with Crippen molar-refractivity contribution in [2.24, 2.45) is 4.99 Å². The van der Waals surface area contributed by atoms with Crippen LogP contribution in [0.2, 0.25) is 0 Å². The van der Waals surface area contributed by atoms with Crippen molar-refractivity contribution in [3.63, 3.8) is 0 Å². The maximum Gasteiger partial charge on any atom is 0.170 e. The summed E-state index contributed by atoms with van der Waals surface area (Å²) in [5, 5.41) is 7.88. The molecule has 2 heterocycles. The van der Waals surface area contributed by atoms with E-state index >= 15 is 0 Å². The molecule has 2 aromatic heterocycles. The zero-order valence-electron chi connectivity index (χ0n) is 11.1. The van der Waals surface area contributed by atoms with Crippen LogP contribution in [0.3, 0.4) is 0 Å². The van der Waals surface area contributed by atoms with E-state index < -0.39 is 0 Å². The average Bonchev–Trinajstić information content (AvgIpc) is 2.85. The molecule has 0 fully saturated rings. The van der Waals surface area contributed by atoms with Crippen LogP contribution >= 0.6 is 0 Å². The van der Waals surface area contributed by atoms with Crippen LogP contribution in [0.25, 0.3) is 5.57 Å². The van der Waals surface area contributed by atoms with E-state index in [2.05, 4.69) is 21.5 Å². The Kier molecular flexibility index (Phi) is 3.71. The molecule has 0 bridgehead atoms. The largest absolute Gasteiger partial charge is 0.360 e. The lowest BCUT2D eigenvalue weighted by Crippen LogP contribution is -2.00. The number of aryl methyl sites for hydroxylation is 1. The second-order valence-electron chi connectivity index (χ2n) is 4.40. The van der Waals surface area contributed by atoms with Crippen molar-refractivity contribution >= 4 is 17.6 Å². The lowest BCUT2D eigenvalue weighted by Gasteiger charge is -1.98. The van der Waals surface area contributed by atoms with Gasteiger partial charge in [0.15, 0.2) is 5.84 Å². The minimum Gasteiger partial charge on any atom is -0.360 e. The number of aromatic amines is 1. The summed E-state index contributed by atoms with van der Waals surface area (Å²) in [6.45, 7) is 7.72. The number of nitrogens with one attached hydrogen (secondary N) is 2. The van der Waals surface area contributed by atoms with Gasteiger partial charge in [0.2, 0.25) is 0 Å². The summed E-state index contributed by atoms with van der Waals surface area (Å²) in [6, 6.07) is 7.49. The predicted molar refractivity (Wildman–Crippen MR) is 78.9 cm³/mol. The highest BCUT2D eigenvalue weighted by Crippen LogP contribution is 2.11. The van der Waals surface area contributed by atoms with Gasteiger partial charge in [-0.25, -0.2) is 9.98 Å². The normalized spacial score (nSPS) is 10.8. The summed E-state index contributed by atoms with van der Waals surface area (Å²) in [6.07, 6.45) is 3.50. The van der Waals surface area contributed by atoms with Crippen molar-refractivity contribution in [1.29, 1.82) is 5.41 Å². The Balaban J connectivity index is 2.13. The molecule has 2 rings (SSSR count). The van der Waals surface area contributed by atoms with Crippen LogP contribution in [0.1, 0.15) is 29.6 Å². The van der Waals surface area contributed by atoms with E-state index in [4.69, 9.17) is 5.41 Å². The minimum atomic E-state index is 0.148. The Morgan fingerprint density at radius 3 is 2.89 bits per heavy atom. The molecule has 0 aromatic carbocycles. The van der Waals surface area contributed by atoms with Crippen molar-refractivity contribution < 1.29 is 0 Å². The van der Waals surface area contributed by atoms with Crippen molar-refractivity contribution in [3.8, 4) is 0 Å². The lowest BCUT2D eigenvalue weighted by atomic mass is 10.2. The SMILES string of the molecule is C=C(C)c1c[nH]c(C=NC(=N)c2cccc(C)n2)c1. The molecule has 4 heteroatoms. The molecule has 0 amide bonds. The molecular formula is C15H16N4. The molecule has 0 aliphatic rings. The van der Waals surface area contributed by atoms with E-state index in [9.17, 15) is 0 Å². The number of aromatic nitrogens is 2. The highest BCUT2D eigenvalue weighted by Gasteiger charge is 2.01. The fourth-order valence-electron chi connectivity index (χ4n) is 1.61. The lowest BCUT2D eigenvalue weighted by molar-refractivity contribution is 1.16. The summed E-state index contributed by atoms with van der Waals surface area (Å²) >= 11 is 0. The van der Waals surface area contributed by atoms with Gasteiger partial charge in [-0.15, -0.1) is 0 Å². The molecule has 0 atom stereocenters. The highest BCUT2D eigenvalue weighted by molar-refractivity contribution is 6.01. The fraction of sp³-hybridized carbons (Fsp3) is 0.133. The molecule has 0 aliphatic carbocycles. The van der Waals surface area contributed by atoms with E-state index in [1.807, 2.05) is 38.2 Å².